The minimum atomic E-state index is -1.01. The van der Waals surface area contributed by atoms with Crippen LogP contribution in [-0.2, 0) is 11.3 Å². The van der Waals surface area contributed by atoms with Crippen LogP contribution in [0, 0.1) is 16.0 Å². The van der Waals surface area contributed by atoms with Gasteiger partial charge in [-0.1, -0.05) is 13.8 Å². The standard InChI is InChI=1S/C12H17N3O5/c1-3-4-14-7-9(15(19)20)5-10(14)11(16)13-6-8(2)12(17)18/h5,7-8H,3-4,6H2,1-2H3,(H,13,16)(H,17,18). The van der Waals surface area contributed by atoms with Gasteiger partial charge < -0.3 is 15.0 Å². The van der Waals surface area contributed by atoms with Crippen LogP contribution < -0.4 is 5.32 Å². The molecule has 0 fully saturated rings. The van der Waals surface area contributed by atoms with E-state index in [2.05, 4.69) is 5.32 Å². The first-order valence-corrected chi connectivity index (χ1v) is 6.22. The van der Waals surface area contributed by atoms with Crippen molar-refractivity contribution in [2.75, 3.05) is 6.54 Å². The number of nitro groups is 1. The molecule has 1 unspecified atom stereocenters. The summed E-state index contributed by atoms with van der Waals surface area (Å²) in [5.74, 6) is -2.25. The van der Waals surface area contributed by atoms with E-state index in [1.165, 1.54) is 23.8 Å². The Balaban J connectivity index is 2.85. The molecule has 1 heterocycles. The molecule has 2 N–H and O–H groups in total. The first-order chi connectivity index (χ1) is 9.36. The molecular weight excluding hydrogens is 266 g/mol. The lowest BCUT2D eigenvalue weighted by atomic mass is 10.2. The van der Waals surface area contributed by atoms with Crippen molar-refractivity contribution >= 4 is 17.6 Å². The van der Waals surface area contributed by atoms with Crippen LogP contribution in [0.25, 0.3) is 0 Å². The van der Waals surface area contributed by atoms with Crippen molar-refractivity contribution in [2.24, 2.45) is 5.92 Å². The summed E-state index contributed by atoms with van der Waals surface area (Å²) in [5, 5.41) is 21.9. The van der Waals surface area contributed by atoms with Crippen LogP contribution in [0.2, 0.25) is 0 Å². The first kappa shape index (κ1) is 15.7. The second kappa shape index (κ2) is 6.69. The summed E-state index contributed by atoms with van der Waals surface area (Å²) < 4.78 is 1.50. The van der Waals surface area contributed by atoms with E-state index in [4.69, 9.17) is 5.11 Å². The van der Waals surface area contributed by atoms with E-state index in [-0.39, 0.29) is 17.9 Å². The first-order valence-electron chi connectivity index (χ1n) is 6.22. The Bertz CT molecular complexity index is 523. The van der Waals surface area contributed by atoms with Crippen LogP contribution in [0.3, 0.4) is 0 Å². The number of nitrogens with one attached hydrogen (secondary N) is 1. The van der Waals surface area contributed by atoms with Crippen molar-refractivity contribution in [3.8, 4) is 0 Å². The summed E-state index contributed by atoms with van der Waals surface area (Å²) in [6.45, 7) is 3.81. The second-order valence-corrected chi connectivity index (χ2v) is 4.48. The molecule has 0 spiro atoms. The molecule has 1 rings (SSSR count). The number of hydrogen-bond donors (Lipinski definition) is 2. The number of aliphatic carboxylic acids is 1. The van der Waals surface area contributed by atoms with Crippen molar-refractivity contribution in [1.82, 2.24) is 9.88 Å². The van der Waals surface area contributed by atoms with Crippen LogP contribution in [0.1, 0.15) is 30.8 Å². The highest BCUT2D eigenvalue weighted by atomic mass is 16.6. The quantitative estimate of drug-likeness (QED) is 0.577. The van der Waals surface area contributed by atoms with Crippen molar-refractivity contribution in [1.29, 1.82) is 0 Å². The monoisotopic (exact) mass is 283 g/mol. The Morgan fingerprint density at radius 3 is 2.70 bits per heavy atom. The number of rotatable bonds is 7. The Labute approximate surface area is 115 Å². The number of aryl methyl sites for hydroxylation is 1. The summed E-state index contributed by atoms with van der Waals surface area (Å²) in [7, 11) is 0. The molecule has 1 aromatic rings. The molecule has 20 heavy (non-hydrogen) atoms. The molecule has 0 aliphatic rings. The lowest BCUT2D eigenvalue weighted by Crippen LogP contribution is -2.32. The summed E-state index contributed by atoms with van der Waals surface area (Å²) in [4.78, 5) is 32.8. The molecule has 1 amide bonds. The summed E-state index contributed by atoms with van der Waals surface area (Å²) in [5.41, 5.74) is 0.00558. The molecule has 110 valence electrons. The maximum absolute atomic E-state index is 12.0. The van der Waals surface area contributed by atoms with Crippen LogP contribution in [-0.4, -0.2) is 33.0 Å². The van der Waals surface area contributed by atoms with Crippen LogP contribution in [0.5, 0.6) is 0 Å². The van der Waals surface area contributed by atoms with Gasteiger partial charge in [0.05, 0.1) is 17.0 Å². The number of carboxylic acid groups (broad SMARTS) is 1. The molecule has 0 radical (unpaired) electrons. The van der Waals surface area contributed by atoms with Gasteiger partial charge in [0.1, 0.15) is 5.69 Å². The Hall–Kier alpha value is -2.38. The lowest BCUT2D eigenvalue weighted by molar-refractivity contribution is -0.384. The van der Waals surface area contributed by atoms with E-state index in [9.17, 15) is 19.7 Å². The molecule has 1 atom stereocenters. The van der Waals surface area contributed by atoms with Gasteiger partial charge in [0.2, 0.25) is 0 Å². The molecule has 0 aliphatic heterocycles. The molecule has 0 saturated heterocycles. The van der Waals surface area contributed by atoms with E-state index in [0.29, 0.717) is 6.54 Å². The zero-order valence-electron chi connectivity index (χ0n) is 11.3. The minimum Gasteiger partial charge on any atom is -0.481 e. The summed E-state index contributed by atoms with van der Waals surface area (Å²) in [6, 6.07) is 1.19. The van der Waals surface area contributed by atoms with Crippen LogP contribution in [0.15, 0.2) is 12.3 Å². The predicted octanol–water partition coefficient (Wildman–Crippen LogP) is 1.26. The normalized spacial score (nSPS) is 11.9. The number of carboxylic acids is 1. The minimum absolute atomic E-state index is 0.0285. The Morgan fingerprint density at radius 2 is 2.20 bits per heavy atom. The molecule has 8 nitrogen and oxygen atoms in total. The molecule has 0 aliphatic carbocycles. The highest BCUT2D eigenvalue weighted by Crippen LogP contribution is 2.17. The number of hydrogen-bond acceptors (Lipinski definition) is 4. The van der Waals surface area contributed by atoms with Gasteiger partial charge in [0.25, 0.3) is 11.6 Å². The van der Waals surface area contributed by atoms with Crippen molar-refractivity contribution in [3.63, 3.8) is 0 Å². The highest BCUT2D eigenvalue weighted by molar-refractivity contribution is 5.93. The van der Waals surface area contributed by atoms with Gasteiger partial charge in [-0.05, 0) is 6.42 Å². The van der Waals surface area contributed by atoms with E-state index in [1.54, 1.807) is 0 Å². The van der Waals surface area contributed by atoms with E-state index in [1.807, 2.05) is 6.92 Å². The summed E-state index contributed by atoms with van der Waals surface area (Å²) >= 11 is 0. The SMILES string of the molecule is CCCn1cc([N+](=O)[O-])cc1C(=O)NCC(C)C(=O)O. The molecule has 8 heteroatoms. The summed E-state index contributed by atoms with van der Waals surface area (Å²) in [6.07, 6.45) is 2.02. The van der Waals surface area contributed by atoms with Gasteiger partial charge in [-0.2, -0.15) is 0 Å². The van der Waals surface area contributed by atoms with E-state index in [0.717, 1.165) is 6.42 Å². The maximum atomic E-state index is 12.0. The van der Waals surface area contributed by atoms with Gasteiger partial charge in [0, 0.05) is 19.2 Å². The third kappa shape index (κ3) is 3.81. The van der Waals surface area contributed by atoms with E-state index < -0.39 is 22.7 Å². The fourth-order valence-electron chi connectivity index (χ4n) is 1.63. The predicted molar refractivity (Wildman–Crippen MR) is 70.5 cm³/mol. The van der Waals surface area contributed by atoms with E-state index >= 15 is 0 Å². The molecule has 0 aromatic carbocycles. The lowest BCUT2D eigenvalue weighted by Gasteiger charge is -2.10. The topological polar surface area (TPSA) is 114 Å². The Morgan fingerprint density at radius 1 is 1.55 bits per heavy atom. The molecule has 0 bridgehead atoms. The number of aromatic nitrogens is 1. The van der Waals surface area contributed by atoms with Gasteiger partial charge in [-0.3, -0.25) is 19.7 Å². The largest absolute Gasteiger partial charge is 0.481 e. The van der Waals surface area contributed by atoms with Crippen molar-refractivity contribution in [2.45, 2.75) is 26.8 Å². The molecular formula is C12H17N3O5. The highest BCUT2D eigenvalue weighted by Gasteiger charge is 2.20. The van der Waals surface area contributed by atoms with Gasteiger partial charge in [0.15, 0.2) is 0 Å². The third-order valence-electron chi connectivity index (χ3n) is 2.78. The third-order valence-corrected chi connectivity index (χ3v) is 2.78. The zero-order valence-corrected chi connectivity index (χ0v) is 11.3. The maximum Gasteiger partial charge on any atom is 0.308 e. The van der Waals surface area contributed by atoms with Crippen molar-refractivity contribution in [3.05, 3.63) is 28.1 Å². The number of carbonyl (C=O) groups is 2. The number of carbonyl (C=O) groups excluding carboxylic acids is 1. The Kier molecular flexibility index (Phi) is 5.24. The number of nitrogens with zero attached hydrogens (tertiary/aromatic N) is 2. The number of amides is 1. The fourth-order valence-corrected chi connectivity index (χ4v) is 1.63. The smallest absolute Gasteiger partial charge is 0.308 e. The fraction of sp³-hybridized carbons (Fsp3) is 0.500. The molecule has 1 aromatic heterocycles. The average molecular weight is 283 g/mol. The van der Waals surface area contributed by atoms with Gasteiger partial charge in [-0.25, -0.2) is 0 Å². The van der Waals surface area contributed by atoms with Crippen LogP contribution in [0.4, 0.5) is 5.69 Å². The molecule has 0 saturated carbocycles. The van der Waals surface area contributed by atoms with Gasteiger partial charge in [-0.15, -0.1) is 0 Å². The average Bonchev–Trinajstić information content (AvgIpc) is 2.80. The second-order valence-electron chi connectivity index (χ2n) is 4.48. The van der Waals surface area contributed by atoms with Crippen molar-refractivity contribution < 1.29 is 19.6 Å². The van der Waals surface area contributed by atoms with Crippen LogP contribution >= 0.6 is 0 Å². The zero-order chi connectivity index (χ0) is 15.3. The van der Waals surface area contributed by atoms with Gasteiger partial charge >= 0.3 is 5.97 Å².